The highest BCUT2D eigenvalue weighted by molar-refractivity contribution is 8.45. The maximum absolute atomic E-state index is 12.9. The van der Waals surface area contributed by atoms with Gasteiger partial charge in [-0.3, -0.25) is 4.79 Å². The number of benzene rings is 2. The molecule has 2 rings (SSSR count). The number of rotatable bonds is 7. The molecule has 0 aliphatic carbocycles. The Hall–Kier alpha value is -2.74. The molecule has 1 unspecified atom stereocenters. The standard InChI is InChI=1S/C17H15F8NO4S/c1-16(28,10-29-12-5-7-13(8-6-12)30-17(18,19)20)15(27)26-11-3-2-4-14(9-11)31(21,22,23,24)25/h2-9,28H,10H2,1H3,(H,26,27). The molecule has 0 fully saturated rings. The molecule has 0 bridgehead atoms. The van der Waals surface area contributed by atoms with E-state index in [-0.39, 0.29) is 17.9 Å². The number of ether oxygens (including phenoxy) is 2. The highest BCUT2D eigenvalue weighted by Crippen LogP contribution is 3.02. The Bertz CT molecular complexity index is 960. The second kappa shape index (κ2) is 7.15. The van der Waals surface area contributed by atoms with Gasteiger partial charge in [0.25, 0.3) is 5.91 Å². The number of carbonyl (C=O) groups is 1. The van der Waals surface area contributed by atoms with Gasteiger partial charge in [-0.05, 0) is 49.4 Å². The summed E-state index contributed by atoms with van der Waals surface area (Å²) in [5, 5.41) is 12.0. The number of amides is 1. The fraction of sp³-hybridized carbons (Fsp3) is 0.235. The Labute approximate surface area is 170 Å². The maximum atomic E-state index is 12.9. The van der Waals surface area contributed by atoms with Crippen molar-refractivity contribution in [2.24, 2.45) is 0 Å². The molecule has 2 aromatic rings. The average Bonchev–Trinajstić information content (AvgIpc) is 2.58. The van der Waals surface area contributed by atoms with E-state index in [0.29, 0.717) is 6.07 Å². The molecular weight excluding hydrogens is 466 g/mol. The van der Waals surface area contributed by atoms with E-state index < -0.39 is 51.0 Å². The lowest BCUT2D eigenvalue weighted by Gasteiger charge is -2.40. The molecule has 0 aromatic heterocycles. The average molecular weight is 481 g/mol. The lowest BCUT2D eigenvalue weighted by atomic mass is 10.1. The molecule has 1 amide bonds. The number of hydrogen-bond acceptors (Lipinski definition) is 4. The van der Waals surface area contributed by atoms with Gasteiger partial charge in [-0.15, -0.1) is 13.2 Å². The largest absolute Gasteiger partial charge is 0.573 e. The van der Waals surface area contributed by atoms with Crippen molar-refractivity contribution in [2.45, 2.75) is 23.8 Å². The van der Waals surface area contributed by atoms with Crippen molar-refractivity contribution in [2.75, 3.05) is 11.9 Å². The molecular formula is C17H15F8NO4S. The van der Waals surface area contributed by atoms with Crippen LogP contribution in [0.4, 0.5) is 38.3 Å². The van der Waals surface area contributed by atoms with Gasteiger partial charge in [0.1, 0.15) is 23.0 Å². The van der Waals surface area contributed by atoms with Crippen molar-refractivity contribution in [1.82, 2.24) is 0 Å². The summed E-state index contributed by atoms with van der Waals surface area (Å²) >= 11 is 0. The fourth-order valence-electron chi connectivity index (χ4n) is 2.11. The van der Waals surface area contributed by atoms with Crippen LogP contribution in [0.5, 0.6) is 11.5 Å². The summed E-state index contributed by atoms with van der Waals surface area (Å²) in [5.41, 5.74) is -2.99. The summed E-state index contributed by atoms with van der Waals surface area (Å²) in [6, 6.07) is 5.63. The Morgan fingerprint density at radius 2 is 1.55 bits per heavy atom. The van der Waals surface area contributed by atoms with Crippen molar-refractivity contribution >= 4 is 21.8 Å². The normalized spacial score (nSPS) is 16.5. The smallest absolute Gasteiger partial charge is 0.490 e. The van der Waals surface area contributed by atoms with E-state index >= 15 is 0 Å². The van der Waals surface area contributed by atoms with Crippen molar-refractivity contribution < 1.29 is 52.0 Å². The minimum Gasteiger partial charge on any atom is -0.490 e. The highest BCUT2D eigenvalue weighted by atomic mass is 32.5. The SMILES string of the molecule is CC(O)(COc1ccc(OC(F)(F)F)cc1)C(=O)Nc1cccc(S(F)(F)(F)(F)F)c1. The quantitative estimate of drug-likeness (QED) is 0.476. The van der Waals surface area contributed by atoms with Crippen molar-refractivity contribution in [1.29, 1.82) is 0 Å². The van der Waals surface area contributed by atoms with Crippen LogP contribution in [0.25, 0.3) is 0 Å². The number of aliphatic hydroxyl groups is 1. The molecule has 0 aliphatic heterocycles. The van der Waals surface area contributed by atoms with Crippen LogP contribution < -0.4 is 14.8 Å². The van der Waals surface area contributed by atoms with Gasteiger partial charge in [0.05, 0.1) is 0 Å². The minimum atomic E-state index is -9.97. The topological polar surface area (TPSA) is 67.8 Å². The Morgan fingerprint density at radius 3 is 2.06 bits per heavy atom. The first-order chi connectivity index (χ1) is 13.7. The first kappa shape index (κ1) is 24.5. The Balaban J connectivity index is 2.04. The summed E-state index contributed by atoms with van der Waals surface area (Å²) in [5.74, 6) is -1.89. The molecule has 0 saturated carbocycles. The van der Waals surface area contributed by atoms with E-state index in [1.165, 1.54) is 0 Å². The van der Waals surface area contributed by atoms with Gasteiger partial charge in [-0.1, -0.05) is 25.5 Å². The molecule has 14 heteroatoms. The predicted molar refractivity (Wildman–Crippen MR) is 95.7 cm³/mol. The first-order valence-electron chi connectivity index (χ1n) is 8.12. The lowest BCUT2D eigenvalue weighted by molar-refractivity contribution is -0.274. The van der Waals surface area contributed by atoms with Gasteiger partial charge < -0.3 is 19.9 Å². The zero-order chi connectivity index (χ0) is 23.8. The second-order valence-corrected chi connectivity index (χ2v) is 8.94. The molecule has 174 valence electrons. The monoisotopic (exact) mass is 481 g/mol. The third kappa shape index (κ3) is 7.47. The summed E-state index contributed by atoms with van der Waals surface area (Å²) in [6.07, 6.45) is -4.90. The third-order valence-electron chi connectivity index (χ3n) is 3.60. The zero-order valence-electron chi connectivity index (χ0n) is 15.4. The van der Waals surface area contributed by atoms with Crippen molar-refractivity contribution in [3.63, 3.8) is 0 Å². The molecule has 2 N–H and O–H groups in total. The predicted octanol–water partition coefficient (Wildman–Crippen LogP) is 6.01. The van der Waals surface area contributed by atoms with Crippen LogP contribution >= 0.6 is 10.2 Å². The van der Waals surface area contributed by atoms with E-state index in [9.17, 15) is 42.5 Å². The molecule has 0 saturated heterocycles. The highest BCUT2D eigenvalue weighted by Gasteiger charge is 2.65. The Morgan fingerprint density at radius 1 is 1.00 bits per heavy atom. The summed E-state index contributed by atoms with van der Waals surface area (Å²) < 4.78 is 109. The number of nitrogens with one attached hydrogen (secondary N) is 1. The minimum absolute atomic E-state index is 0.0236. The van der Waals surface area contributed by atoms with E-state index in [1.54, 1.807) is 0 Å². The molecule has 5 nitrogen and oxygen atoms in total. The summed E-state index contributed by atoms with van der Waals surface area (Å²) in [7, 11) is -9.97. The van der Waals surface area contributed by atoms with Crippen molar-refractivity contribution in [3.05, 3.63) is 48.5 Å². The first-order valence-corrected chi connectivity index (χ1v) is 10.1. The van der Waals surface area contributed by atoms with Crippen LogP contribution in [-0.2, 0) is 4.79 Å². The number of anilines is 1. The van der Waals surface area contributed by atoms with Gasteiger partial charge in [0, 0.05) is 5.69 Å². The molecule has 0 radical (unpaired) electrons. The fourth-order valence-corrected chi connectivity index (χ4v) is 2.79. The summed E-state index contributed by atoms with van der Waals surface area (Å²) in [6.45, 7) is 0.164. The van der Waals surface area contributed by atoms with E-state index in [0.717, 1.165) is 37.3 Å². The maximum Gasteiger partial charge on any atom is 0.573 e. The molecule has 0 aliphatic rings. The lowest BCUT2D eigenvalue weighted by Crippen LogP contribution is -2.45. The van der Waals surface area contributed by atoms with E-state index in [2.05, 4.69) is 4.74 Å². The van der Waals surface area contributed by atoms with Crippen LogP contribution in [0, 0.1) is 0 Å². The number of hydrogen-bond donors (Lipinski definition) is 2. The van der Waals surface area contributed by atoms with Crippen LogP contribution in [-0.4, -0.2) is 29.6 Å². The van der Waals surface area contributed by atoms with Crippen LogP contribution in [0.2, 0.25) is 0 Å². The van der Waals surface area contributed by atoms with Crippen LogP contribution in [0.15, 0.2) is 53.4 Å². The Kier molecular flexibility index (Phi) is 5.66. The van der Waals surface area contributed by atoms with Gasteiger partial charge in [0.2, 0.25) is 0 Å². The van der Waals surface area contributed by atoms with E-state index in [4.69, 9.17) is 4.74 Å². The molecule has 0 spiro atoms. The van der Waals surface area contributed by atoms with Gasteiger partial charge >= 0.3 is 16.6 Å². The second-order valence-electron chi connectivity index (χ2n) is 6.53. The molecule has 31 heavy (non-hydrogen) atoms. The van der Waals surface area contributed by atoms with Crippen molar-refractivity contribution in [3.8, 4) is 11.5 Å². The molecule has 2 aromatic carbocycles. The van der Waals surface area contributed by atoms with Crippen LogP contribution in [0.3, 0.4) is 0 Å². The third-order valence-corrected chi connectivity index (χ3v) is 4.75. The van der Waals surface area contributed by atoms with Crippen LogP contribution in [0.1, 0.15) is 6.92 Å². The van der Waals surface area contributed by atoms with E-state index in [1.807, 2.05) is 5.32 Å². The zero-order valence-corrected chi connectivity index (χ0v) is 16.2. The summed E-state index contributed by atoms with van der Waals surface area (Å²) in [4.78, 5) is 9.91. The molecule has 1 atom stereocenters. The van der Waals surface area contributed by atoms with Gasteiger partial charge in [0.15, 0.2) is 5.60 Å². The number of alkyl halides is 3. The molecule has 0 heterocycles. The number of halogens is 8. The van der Waals surface area contributed by atoms with Gasteiger partial charge in [-0.2, -0.15) is 0 Å². The number of carbonyl (C=O) groups excluding carboxylic acids is 1. The van der Waals surface area contributed by atoms with Gasteiger partial charge in [-0.25, -0.2) is 0 Å².